The molecule has 1 aromatic rings. The lowest BCUT2D eigenvalue weighted by atomic mass is 9.76. The summed E-state index contributed by atoms with van der Waals surface area (Å²) in [6.45, 7) is 4.31. The number of hydrogen-bond acceptors (Lipinski definition) is 2. The number of benzene rings is 1. The summed E-state index contributed by atoms with van der Waals surface area (Å²) in [5, 5.41) is 12.8. The van der Waals surface area contributed by atoms with E-state index in [1.165, 1.54) is 12.0 Å². The Labute approximate surface area is 121 Å². The van der Waals surface area contributed by atoms with E-state index in [2.05, 4.69) is 19.2 Å². The summed E-state index contributed by atoms with van der Waals surface area (Å²) >= 11 is 0. The standard InChI is InChI=1S/C17H25NO2/c1-3-14-6-8-15(9-7-14)16(20)18-17(12-19)10-4-5-13(2)11-17/h6-9,13,19H,3-5,10-12H2,1-2H3,(H,18,20). The van der Waals surface area contributed by atoms with Crippen LogP contribution >= 0.6 is 0 Å². The topological polar surface area (TPSA) is 49.3 Å². The second-order valence-electron chi connectivity index (χ2n) is 6.14. The van der Waals surface area contributed by atoms with Crippen LogP contribution in [0.5, 0.6) is 0 Å². The molecule has 1 fully saturated rings. The second-order valence-corrected chi connectivity index (χ2v) is 6.14. The predicted octanol–water partition coefficient (Wildman–Crippen LogP) is 2.92. The van der Waals surface area contributed by atoms with Crippen LogP contribution in [0.4, 0.5) is 0 Å². The third-order valence-electron chi connectivity index (χ3n) is 4.40. The Morgan fingerprint density at radius 2 is 2.10 bits per heavy atom. The Hall–Kier alpha value is -1.35. The summed E-state index contributed by atoms with van der Waals surface area (Å²) < 4.78 is 0. The minimum absolute atomic E-state index is 0.0239. The Morgan fingerprint density at radius 3 is 2.65 bits per heavy atom. The van der Waals surface area contributed by atoms with Crippen molar-refractivity contribution in [2.24, 2.45) is 5.92 Å². The molecular formula is C17H25NO2. The van der Waals surface area contributed by atoms with Gasteiger partial charge in [0.2, 0.25) is 0 Å². The predicted molar refractivity (Wildman–Crippen MR) is 80.7 cm³/mol. The minimum Gasteiger partial charge on any atom is -0.394 e. The smallest absolute Gasteiger partial charge is 0.251 e. The summed E-state index contributed by atoms with van der Waals surface area (Å²) in [5.74, 6) is 0.481. The number of aryl methyl sites for hydroxylation is 1. The number of amides is 1. The quantitative estimate of drug-likeness (QED) is 0.887. The van der Waals surface area contributed by atoms with Crippen LogP contribution in [-0.2, 0) is 6.42 Å². The molecule has 2 rings (SSSR count). The fourth-order valence-corrected chi connectivity index (χ4v) is 3.16. The minimum atomic E-state index is -0.432. The summed E-state index contributed by atoms with van der Waals surface area (Å²) in [7, 11) is 0. The molecule has 0 bridgehead atoms. The van der Waals surface area contributed by atoms with E-state index in [1.807, 2.05) is 24.3 Å². The van der Waals surface area contributed by atoms with Crippen molar-refractivity contribution in [1.29, 1.82) is 0 Å². The molecule has 3 nitrogen and oxygen atoms in total. The molecule has 2 atom stereocenters. The van der Waals surface area contributed by atoms with E-state index in [0.29, 0.717) is 11.5 Å². The third kappa shape index (κ3) is 3.40. The Balaban J connectivity index is 2.08. The molecule has 2 unspecified atom stereocenters. The van der Waals surface area contributed by atoms with E-state index in [0.717, 1.165) is 25.7 Å². The first-order valence-corrected chi connectivity index (χ1v) is 7.61. The number of aliphatic hydroxyl groups excluding tert-OH is 1. The Kier molecular flexibility index (Phi) is 4.81. The van der Waals surface area contributed by atoms with Crippen LogP contribution in [0.2, 0.25) is 0 Å². The number of nitrogens with one attached hydrogen (secondary N) is 1. The van der Waals surface area contributed by atoms with Gasteiger partial charge in [0.15, 0.2) is 0 Å². The number of carbonyl (C=O) groups excluding carboxylic acids is 1. The molecule has 1 aliphatic carbocycles. The van der Waals surface area contributed by atoms with E-state index in [4.69, 9.17) is 0 Å². The van der Waals surface area contributed by atoms with Crippen molar-refractivity contribution in [2.45, 2.75) is 51.5 Å². The van der Waals surface area contributed by atoms with Gasteiger partial charge < -0.3 is 10.4 Å². The van der Waals surface area contributed by atoms with Crippen LogP contribution in [0.1, 0.15) is 55.5 Å². The summed E-state index contributed by atoms with van der Waals surface area (Å²) in [4.78, 5) is 12.4. The van der Waals surface area contributed by atoms with Gasteiger partial charge in [0.05, 0.1) is 12.1 Å². The lowest BCUT2D eigenvalue weighted by Crippen LogP contribution is -2.53. The fourth-order valence-electron chi connectivity index (χ4n) is 3.16. The summed E-state index contributed by atoms with van der Waals surface area (Å²) in [5.41, 5.74) is 1.47. The maximum atomic E-state index is 12.4. The van der Waals surface area contributed by atoms with Crippen molar-refractivity contribution in [1.82, 2.24) is 5.32 Å². The molecule has 1 saturated carbocycles. The first kappa shape index (κ1) is 15.0. The largest absolute Gasteiger partial charge is 0.394 e. The van der Waals surface area contributed by atoms with Gasteiger partial charge in [-0.05, 0) is 42.9 Å². The second kappa shape index (κ2) is 6.40. The van der Waals surface area contributed by atoms with Gasteiger partial charge in [-0.2, -0.15) is 0 Å². The molecule has 3 heteroatoms. The van der Waals surface area contributed by atoms with Gasteiger partial charge in [-0.25, -0.2) is 0 Å². The van der Waals surface area contributed by atoms with Crippen LogP contribution in [0.3, 0.4) is 0 Å². The van der Waals surface area contributed by atoms with Crippen molar-refractivity contribution in [3.63, 3.8) is 0 Å². The zero-order chi connectivity index (χ0) is 14.6. The maximum Gasteiger partial charge on any atom is 0.251 e. The monoisotopic (exact) mass is 275 g/mol. The zero-order valence-electron chi connectivity index (χ0n) is 12.5. The van der Waals surface area contributed by atoms with E-state index in [1.54, 1.807) is 0 Å². The molecule has 0 spiro atoms. The molecule has 0 aromatic heterocycles. The molecule has 0 radical (unpaired) electrons. The molecule has 0 aliphatic heterocycles. The third-order valence-corrected chi connectivity index (χ3v) is 4.40. The van der Waals surface area contributed by atoms with Crippen molar-refractivity contribution < 1.29 is 9.90 Å². The van der Waals surface area contributed by atoms with Gasteiger partial charge in [0.1, 0.15) is 0 Å². The molecule has 0 saturated heterocycles. The Morgan fingerprint density at radius 1 is 1.40 bits per heavy atom. The normalized spacial score (nSPS) is 26.2. The van der Waals surface area contributed by atoms with Crippen LogP contribution in [0.15, 0.2) is 24.3 Å². The molecule has 110 valence electrons. The summed E-state index contributed by atoms with van der Waals surface area (Å²) in [6, 6.07) is 7.71. The highest BCUT2D eigenvalue weighted by atomic mass is 16.3. The van der Waals surface area contributed by atoms with Gasteiger partial charge in [0.25, 0.3) is 5.91 Å². The van der Waals surface area contributed by atoms with Crippen molar-refractivity contribution in [3.8, 4) is 0 Å². The number of hydrogen-bond donors (Lipinski definition) is 2. The molecule has 2 N–H and O–H groups in total. The van der Waals surface area contributed by atoms with Crippen molar-refractivity contribution in [3.05, 3.63) is 35.4 Å². The van der Waals surface area contributed by atoms with Crippen LogP contribution in [-0.4, -0.2) is 23.2 Å². The Bertz CT molecular complexity index is 455. The zero-order valence-corrected chi connectivity index (χ0v) is 12.5. The van der Waals surface area contributed by atoms with Gasteiger partial charge in [-0.1, -0.05) is 38.8 Å². The van der Waals surface area contributed by atoms with Gasteiger partial charge in [0, 0.05) is 5.56 Å². The maximum absolute atomic E-state index is 12.4. The van der Waals surface area contributed by atoms with Gasteiger partial charge in [-0.3, -0.25) is 4.79 Å². The first-order chi connectivity index (χ1) is 9.58. The average molecular weight is 275 g/mol. The fraction of sp³-hybridized carbons (Fsp3) is 0.588. The number of aliphatic hydroxyl groups is 1. The molecule has 1 amide bonds. The van der Waals surface area contributed by atoms with Crippen molar-refractivity contribution >= 4 is 5.91 Å². The highest BCUT2D eigenvalue weighted by Crippen LogP contribution is 2.32. The molecule has 20 heavy (non-hydrogen) atoms. The van der Waals surface area contributed by atoms with Gasteiger partial charge in [-0.15, -0.1) is 0 Å². The highest BCUT2D eigenvalue weighted by molar-refractivity contribution is 5.94. The van der Waals surface area contributed by atoms with E-state index in [-0.39, 0.29) is 12.5 Å². The van der Waals surface area contributed by atoms with E-state index in [9.17, 15) is 9.90 Å². The number of rotatable bonds is 4. The van der Waals surface area contributed by atoms with Crippen LogP contribution in [0.25, 0.3) is 0 Å². The van der Waals surface area contributed by atoms with Gasteiger partial charge >= 0.3 is 0 Å². The lowest BCUT2D eigenvalue weighted by molar-refractivity contribution is 0.0697. The molecule has 1 aromatic carbocycles. The summed E-state index contributed by atoms with van der Waals surface area (Å²) in [6.07, 6.45) is 4.95. The molecule has 0 heterocycles. The first-order valence-electron chi connectivity index (χ1n) is 7.61. The average Bonchev–Trinajstić information content (AvgIpc) is 2.47. The highest BCUT2D eigenvalue weighted by Gasteiger charge is 2.35. The van der Waals surface area contributed by atoms with Crippen LogP contribution < -0.4 is 5.32 Å². The molecule has 1 aliphatic rings. The van der Waals surface area contributed by atoms with E-state index < -0.39 is 5.54 Å². The van der Waals surface area contributed by atoms with E-state index >= 15 is 0 Å². The van der Waals surface area contributed by atoms with Crippen LogP contribution in [0, 0.1) is 5.92 Å². The van der Waals surface area contributed by atoms with Crippen molar-refractivity contribution in [2.75, 3.05) is 6.61 Å². The lowest BCUT2D eigenvalue weighted by Gasteiger charge is -2.39. The SMILES string of the molecule is CCc1ccc(C(=O)NC2(CO)CCCC(C)C2)cc1. The number of carbonyl (C=O) groups is 1. The molecular weight excluding hydrogens is 250 g/mol.